The summed E-state index contributed by atoms with van der Waals surface area (Å²) in [6.45, 7) is 3.51. The molecule has 0 N–H and O–H groups in total. The maximum atomic E-state index is 12.4. The molecule has 0 amide bonds. The summed E-state index contributed by atoms with van der Waals surface area (Å²) in [6.07, 6.45) is 1.70. The number of aromatic nitrogens is 1. The van der Waals surface area contributed by atoms with Crippen molar-refractivity contribution in [3.63, 3.8) is 0 Å². The van der Waals surface area contributed by atoms with Gasteiger partial charge in [-0.15, -0.1) is 0 Å². The highest BCUT2D eigenvalue weighted by Gasteiger charge is 2.31. The molecule has 1 aromatic carbocycles. The van der Waals surface area contributed by atoms with Crippen LogP contribution in [0.3, 0.4) is 0 Å². The van der Waals surface area contributed by atoms with E-state index in [-0.39, 0.29) is 24.3 Å². The molecule has 0 aliphatic heterocycles. The van der Waals surface area contributed by atoms with Crippen LogP contribution >= 0.6 is 0 Å². The van der Waals surface area contributed by atoms with E-state index in [4.69, 9.17) is 9.47 Å². The van der Waals surface area contributed by atoms with E-state index in [1.54, 1.807) is 30.3 Å². The molecule has 0 spiro atoms. The molecule has 136 valence electrons. The summed E-state index contributed by atoms with van der Waals surface area (Å²) in [6, 6.07) is 8.75. The molecule has 0 atom stereocenters. The van der Waals surface area contributed by atoms with E-state index in [0.717, 1.165) is 29.9 Å². The first-order valence-corrected chi connectivity index (χ1v) is 8.50. The van der Waals surface area contributed by atoms with Gasteiger partial charge in [-0.25, -0.2) is 4.79 Å². The smallest absolute Gasteiger partial charge is 0.337 e. The number of methoxy groups -OCH3 is 1. The molecule has 0 saturated heterocycles. The maximum Gasteiger partial charge on any atom is 0.337 e. The van der Waals surface area contributed by atoms with Crippen LogP contribution in [0.25, 0.3) is 5.69 Å². The van der Waals surface area contributed by atoms with Crippen molar-refractivity contribution in [2.45, 2.75) is 26.7 Å². The lowest BCUT2D eigenvalue weighted by molar-refractivity contribution is -0.144. The summed E-state index contributed by atoms with van der Waals surface area (Å²) in [4.78, 5) is 35.6. The largest absolute Gasteiger partial charge is 0.465 e. The van der Waals surface area contributed by atoms with Crippen LogP contribution in [0.2, 0.25) is 0 Å². The fraction of sp³-hybridized carbons (Fsp3) is 0.350. The quantitative estimate of drug-likeness (QED) is 0.588. The first-order chi connectivity index (χ1) is 12.4. The summed E-state index contributed by atoms with van der Waals surface area (Å²) >= 11 is 0. The number of hydrogen-bond donors (Lipinski definition) is 0. The average Bonchev–Trinajstić information content (AvgIpc) is 3.45. The van der Waals surface area contributed by atoms with E-state index in [9.17, 15) is 14.4 Å². The fourth-order valence-corrected chi connectivity index (χ4v) is 2.96. The second kappa shape index (κ2) is 7.15. The zero-order valence-electron chi connectivity index (χ0n) is 15.1. The number of benzene rings is 1. The number of rotatable bonds is 6. The number of carbonyl (C=O) groups excluding carboxylic acids is 3. The second-order valence-corrected chi connectivity index (χ2v) is 6.46. The Morgan fingerprint density at radius 2 is 1.77 bits per heavy atom. The molecule has 6 nitrogen and oxygen atoms in total. The van der Waals surface area contributed by atoms with Gasteiger partial charge in [0.25, 0.3) is 0 Å². The Hall–Kier alpha value is -2.89. The van der Waals surface area contributed by atoms with Crippen LogP contribution in [0.15, 0.2) is 30.3 Å². The van der Waals surface area contributed by atoms with Crippen molar-refractivity contribution in [3.8, 4) is 5.69 Å². The number of ether oxygens (including phenoxy) is 2. The molecule has 0 unspecified atom stereocenters. The van der Waals surface area contributed by atoms with Crippen molar-refractivity contribution in [2.24, 2.45) is 5.92 Å². The molecule has 6 heteroatoms. The summed E-state index contributed by atoms with van der Waals surface area (Å²) in [7, 11) is 1.34. The summed E-state index contributed by atoms with van der Waals surface area (Å²) in [5.41, 5.74) is 3.47. The van der Waals surface area contributed by atoms with Crippen LogP contribution in [0.1, 0.15) is 44.9 Å². The zero-order chi connectivity index (χ0) is 18.8. The SMILES string of the molecule is COC(=O)c1ccc(-n2c(C)cc(C(=O)COC(=O)C3CC3)c2C)cc1. The molecule has 1 heterocycles. The van der Waals surface area contributed by atoms with Gasteiger partial charge in [-0.2, -0.15) is 0 Å². The monoisotopic (exact) mass is 355 g/mol. The van der Waals surface area contributed by atoms with Crippen LogP contribution in [-0.4, -0.2) is 36.0 Å². The minimum Gasteiger partial charge on any atom is -0.465 e. The molecule has 1 aliphatic carbocycles. The van der Waals surface area contributed by atoms with Crippen LogP contribution < -0.4 is 0 Å². The molecule has 3 rings (SSSR count). The summed E-state index contributed by atoms with van der Waals surface area (Å²) < 4.78 is 11.7. The highest BCUT2D eigenvalue weighted by Crippen LogP contribution is 2.30. The molecule has 1 saturated carbocycles. The van der Waals surface area contributed by atoms with Crippen LogP contribution in [-0.2, 0) is 14.3 Å². The maximum absolute atomic E-state index is 12.4. The molecule has 1 fully saturated rings. The van der Waals surface area contributed by atoms with E-state index in [1.807, 2.05) is 18.4 Å². The Labute approximate surface area is 151 Å². The van der Waals surface area contributed by atoms with Gasteiger partial charge >= 0.3 is 11.9 Å². The summed E-state index contributed by atoms with van der Waals surface area (Å²) in [5.74, 6) is -0.926. The van der Waals surface area contributed by atoms with Crippen molar-refractivity contribution in [1.82, 2.24) is 4.57 Å². The van der Waals surface area contributed by atoms with E-state index in [0.29, 0.717) is 11.1 Å². The molecule has 1 aliphatic rings. The number of nitrogens with zero attached hydrogens (tertiary/aromatic N) is 1. The van der Waals surface area contributed by atoms with Gasteiger partial charge in [0, 0.05) is 22.6 Å². The molecular weight excluding hydrogens is 334 g/mol. The topological polar surface area (TPSA) is 74.6 Å². The predicted octanol–water partition coefficient (Wildman–Crippen LogP) is 3.02. The van der Waals surface area contributed by atoms with Gasteiger partial charge in [-0.3, -0.25) is 9.59 Å². The molecular formula is C20H21NO5. The Morgan fingerprint density at radius 1 is 1.12 bits per heavy atom. The summed E-state index contributed by atoms with van der Waals surface area (Å²) in [5, 5.41) is 0. The number of Topliss-reactive ketones (excluding diaryl/α,β-unsaturated/α-hetero) is 1. The lowest BCUT2D eigenvalue weighted by Gasteiger charge is -2.10. The first-order valence-electron chi connectivity index (χ1n) is 8.50. The number of carbonyl (C=O) groups is 3. The van der Waals surface area contributed by atoms with Crippen molar-refractivity contribution < 1.29 is 23.9 Å². The number of hydrogen-bond acceptors (Lipinski definition) is 5. The van der Waals surface area contributed by atoms with E-state index in [2.05, 4.69) is 0 Å². The van der Waals surface area contributed by atoms with Crippen molar-refractivity contribution >= 4 is 17.7 Å². The highest BCUT2D eigenvalue weighted by molar-refractivity contribution is 5.99. The van der Waals surface area contributed by atoms with E-state index >= 15 is 0 Å². The molecule has 26 heavy (non-hydrogen) atoms. The van der Waals surface area contributed by atoms with Gasteiger partial charge in [-0.1, -0.05) is 0 Å². The minimum atomic E-state index is -0.397. The fourth-order valence-electron chi connectivity index (χ4n) is 2.96. The van der Waals surface area contributed by atoms with Crippen molar-refractivity contribution in [2.75, 3.05) is 13.7 Å². The van der Waals surface area contributed by atoms with Crippen LogP contribution in [0.4, 0.5) is 0 Å². The van der Waals surface area contributed by atoms with Crippen molar-refractivity contribution in [3.05, 3.63) is 52.8 Å². The standard InChI is InChI=1S/C20H21NO5/c1-12-10-17(18(22)11-26-20(24)15-4-5-15)13(2)21(12)16-8-6-14(7-9-16)19(23)25-3/h6-10,15H,4-5,11H2,1-3H3. The van der Waals surface area contributed by atoms with Crippen molar-refractivity contribution in [1.29, 1.82) is 0 Å². The Balaban J connectivity index is 1.79. The third kappa shape index (κ3) is 3.54. The predicted molar refractivity (Wildman–Crippen MR) is 94.6 cm³/mol. The minimum absolute atomic E-state index is 0.0245. The Kier molecular flexibility index (Phi) is 4.93. The molecule has 0 bridgehead atoms. The second-order valence-electron chi connectivity index (χ2n) is 6.46. The van der Waals surface area contributed by atoms with E-state index < -0.39 is 5.97 Å². The van der Waals surface area contributed by atoms with Crippen LogP contribution in [0, 0.1) is 19.8 Å². The third-order valence-electron chi connectivity index (χ3n) is 4.53. The van der Waals surface area contributed by atoms with Gasteiger partial charge < -0.3 is 14.0 Å². The normalized spacial score (nSPS) is 13.3. The Bertz CT molecular complexity index is 859. The van der Waals surface area contributed by atoms with Gasteiger partial charge in [0.05, 0.1) is 18.6 Å². The number of ketones is 1. The van der Waals surface area contributed by atoms with Crippen LogP contribution in [0.5, 0.6) is 0 Å². The lowest BCUT2D eigenvalue weighted by Crippen LogP contribution is -2.15. The molecule has 0 radical (unpaired) electrons. The van der Waals surface area contributed by atoms with Gasteiger partial charge in [0.15, 0.2) is 6.61 Å². The number of aryl methyl sites for hydroxylation is 1. The number of esters is 2. The third-order valence-corrected chi connectivity index (χ3v) is 4.53. The molecule has 2 aromatic rings. The van der Waals surface area contributed by atoms with Gasteiger partial charge in [0.1, 0.15) is 0 Å². The Morgan fingerprint density at radius 3 is 2.35 bits per heavy atom. The zero-order valence-corrected chi connectivity index (χ0v) is 15.1. The lowest BCUT2D eigenvalue weighted by atomic mass is 10.1. The first kappa shape index (κ1) is 17.9. The highest BCUT2D eigenvalue weighted by atomic mass is 16.5. The van der Waals surface area contributed by atoms with E-state index in [1.165, 1.54) is 7.11 Å². The molecule has 1 aromatic heterocycles. The average molecular weight is 355 g/mol. The van der Waals surface area contributed by atoms with Gasteiger partial charge in [0.2, 0.25) is 5.78 Å². The van der Waals surface area contributed by atoms with Gasteiger partial charge in [-0.05, 0) is 57.0 Å².